The van der Waals surface area contributed by atoms with Gasteiger partial charge in [0.1, 0.15) is 0 Å². The number of nitrogens with zero attached hydrogens (tertiary/aromatic N) is 1. The zero-order valence-corrected chi connectivity index (χ0v) is 9.27. The van der Waals surface area contributed by atoms with Crippen LogP contribution in [0.1, 0.15) is 18.1 Å². The van der Waals surface area contributed by atoms with E-state index in [1.807, 2.05) is 18.2 Å². The van der Waals surface area contributed by atoms with Gasteiger partial charge in [-0.2, -0.15) is 5.26 Å². The molecule has 4 nitrogen and oxygen atoms in total. The van der Waals surface area contributed by atoms with Gasteiger partial charge in [-0.1, -0.05) is 12.1 Å². The van der Waals surface area contributed by atoms with Crippen molar-refractivity contribution in [2.45, 2.75) is 19.4 Å². The largest absolute Gasteiger partial charge is 0.462 e. The van der Waals surface area contributed by atoms with E-state index in [9.17, 15) is 4.79 Å². The molecule has 0 aliphatic carbocycles. The number of carbonyl (C=O) groups excluding carboxylic acids is 1. The fraction of sp³-hybridized carbons (Fsp3) is 0.333. The molecule has 0 saturated carbocycles. The number of hydrogen-bond donors (Lipinski definition) is 1. The molecule has 0 heterocycles. The molecule has 0 bridgehead atoms. The summed E-state index contributed by atoms with van der Waals surface area (Å²) in [5.41, 5.74) is 5.35. The summed E-state index contributed by atoms with van der Waals surface area (Å²) in [5.74, 6) is -0.285. The highest BCUT2D eigenvalue weighted by molar-refractivity contribution is 5.74. The third-order valence-corrected chi connectivity index (χ3v) is 2.19. The van der Waals surface area contributed by atoms with Crippen LogP contribution in [0.2, 0.25) is 0 Å². The Morgan fingerprint density at radius 1 is 1.50 bits per heavy atom. The van der Waals surface area contributed by atoms with Crippen molar-refractivity contribution in [3.63, 3.8) is 0 Å². The number of benzene rings is 1. The van der Waals surface area contributed by atoms with Gasteiger partial charge < -0.3 is 10.5 Å². The Kier molecular flexibility index (Phi) is 4.49. The van der Waals surface area contributed by atoms with Crippen molar-refractivity contribution in [1.29, 1.82) is 5.26 Å². The maximum absolute atomic E-state index is 11.3. The van der Waals surface area contributed by atoms with Gasteiger partial charge in [-0.05, 0) is 24.6 Å². The lowest BCUT2D eigenvalue weighted by molar-refractivity contribution is -0.407. The van der Waals surface area contributed by atoms with Gasteiger partial charge in [0.15, 0.2) is 6.04 Å². The van der Waals surface area contributed by atoms with Crippen molar-refractivity contribution in [2.24, 2.45) is 0 Å². The summed E-state index contributed by atoms with van der Waals surface area (Å²) in [4.78, 5) is 11.3. The summed E-state index contributed by atoms with van der Waals surface area (Å²) in [7, 11) is 0. The number of carbonyl (C=O) groups is 1. The number of esters is 1. The van der Waals surface area contributed by atoms with Gasteiger partial charge in [0.2, 0.25) is 0 Å². The van der Waals surface area contributed by atoms with Crippen molar-refractivity contribution < 1.29 is 15.3 Å². The summed E-state index contributed by atoms with van der Waals surface area (Å²) in [6, 6.07) is 8.77. The fourth-order valence-electron chi connectivity index (χ4n) is 1.34. The van der Waals surface area contributed by atoms with E-state index in [4.69, 9.17) is 10.00 Å². The highest BCUT2D eigenvalue weighted by atomic mass is 16.5. The summed E-state index contributed by atoms with van der Waals surface area (Å²) in [6.07, 6.45) is 0.532. The first kappa shape index (κ1) is 12.2. The predicted molar refractivity (Wildman–Crippen MR) is 58.2 cm³/mol. The van der Waals surface area contributed by atoms with Gasteiger partial charge in [-0.15, -0.1) is 0 Å². The monoisotopic (exact) mass is 219 g/mol. The molecular weight excluding hydrogens is 204 g/mol. The number of nitriles is 1. The second-order valence-electron chi connectivity index (χ2n) is 3.46. The molecular formula is C12H15N2O2+. The minimum Gasteiger partial charge on any atom is -0.462 e. The lowest BCUT2D eigenvalue weighted by Crippen LogP contribution is -2.66. The van der Waals surface area contributed by atoms with E-state index in [0.29, 0.717) is 18.6 Å². The number of rotatable bonds is 4. The molecule has 0 saturated heterocycles. The Hall–Kier alpha value is -1.86. The van der Waals surface area contributed by atoms with E-state index in [-0.39, 0.29) is 5.97 Å². The molecule has 84 valence electrons. The molecule has 1 atom stereocenters. The van der Waals surface area contributed by atoms with Crippen LogP contribution in [-0.2, 0) is 16.0 Å². The summed E-state index contributed by atoms with van der Waals surface area (Å²) in [5, 5.41) is 8.63. The topological polar surface area (TPSA) is 77.7 Å². The maximum Gasteiger partial charge on any atom is 0.365 e. The van der Waals surface area contributed by atoms with Crippen LogP contribution in [0.5, 0.6) is 0 Å². The van der Waals surface area contributed by atoms with E-state index in [1.165, 1.54) is 0 Å². The van der Waals surface area contributed by atoms with Gasteiger partial charge in [-0.25, -0.2) is 4.79 Å². The predicted octanol–water partition coefficient (Wildman–Crippen LogP) is 0.274. The van der Waals surface area contributed by atoms with Crippen LogP contribution in [-0.4, -0.2) is 18.6 Å². The molecule has 4 heteroatoms. The molecule has 0 aromatic heterocycles. The lowest BCUT2D eigenvalue weighted by atomic mass is 10.1. The molecule has 0 aliphatic rings. The molecule has 1 aromatic carbocycles. The summed E-state index contributed by atoms with van der Waals surface area (Å²) < 4.78 is 4.87. The minimum atomic E-state index is -0.395. The first-order valence-electron chi connectivity index (χ1n) is 5.16. The first-order valence-corrected chi connectivity index (χ1v) is 5.16. The molecule has 1 aromatic rings. The zero-order valence-electron chi connectivity index (χ0n) is 9.27. The van der Waals surface area contributed by atoms with E-state index in [1.54, 1.807) is 19.1 Å². The molecule has 1 rings (SSSR count). The highest BCUT2D eigenvalue weighted by Crippen LogP contribution is 2.05. The molecule has 0 radical (unpaired) electrons. The third kappa shape index (κ3) is 3.37. The zero-order chi connectivity index (χ0) is 12.0. The van der Waals surface area contributed by atoms with Gasteiger partial charge in [-0.3, -0.25) is 0 Å². The first-order chi connectivity index (χ1) is 7.67. The second-order valence-corrected chi connectivity index (χ2v) is 3.46. The highest BCUT2D eigenvalue weighted by Gasteiger charge is 2.18. The van der Waals surface area contributed by atoms with E-state index in [0.717, 1.165) is 5.56 Å². The third-order valence-electron chi connectivity index (χ3n) is 2.19. The van der Waals surface area contributed by atoms with Crippen LogP contribution in [0.25, 0.3) is 0 Å². The van der Waals surface area contributed by atoms with Gasteiger partial charge in [0, 0.05) is 6.42 Å². The summed E-state index contributed by atoms with van der Waals surface area (Å²) >= 11 is 0. The van der Waals surface area contributed by atoms with Crippen molar-refractivity contribution >= 4 is 5.97 Å². The molecule has 16 heavy (non-hydrogen) atoms. The van der Waals surface area contributed by atoms with Gasteiger partial charge in [0.25, 0.3) is 0 Å². The van der Waals surface area contributed by atoms with Crippen LogP contribution in [0.4, 0.5) is 0 Å². The van der Waals surface area contributed by atoms with Crippen LogP contribution in [0.3, 0.4) is 0 Å². The SMILES string of the molecule is CCOC(=O)[C@@H]([NH3+])Cc1ccc(C#N)cc1. The van der Waals surface area contributed by atoms with Crippen molar-refractivity contribution in [1.82, 2.24) is 0 Å². The average molecular weight is 219 g/mol. The molecule has 0 amide bonds. The fourth-order valence-corrected chi connectivity index (χ4v) is 1.34. The van der Waals surface area contributed by atoms with Crippen LogP contribution < -0.4 is 5.73 Å². The maximum atomic E-state index is 11.3. The van der Waals surface area contributed by atoms with Gasteiger partial charge in [0.05, 0.1) is 18.2 Å². The Balaban J connectivity index is 2.59. The van der Waals surface area contributed by atoms with E-state index < -0.39 is 6.04 Å². The second kappa shape index (κ2) is 5.89. The molecule has 3 N–H and O–H groups in total. The molecule has 0 spiro atoms. The Morgan fingerprint density at radius 2 is 2.12 bits per heavy atom. The Labute approximate surface area is 94.6 Å². The normalized spacial score (nSPS) is 11.6. The Bertz CT molecular complexity index is 392. The van der Waals surface area contributed by atoms with E-state index >= 15 is 0 Å². The van der Waals surface area contributed by atoms with Crippen LogP contribution >= 0.6 is 0 Å². The molecule has 0 unspecified atom stereocenters. The molecule has 0 aliphatic heterocycles. The lowest BCUT2D eigenvalue weighted by Gasteiger charge is -2.07. The number of quaternary nitrogens is 1. The quantitative estimate of drug-likeness (QED) is 0.738. The van der Waals surface area contributed by atoms with Gasteiger partial charge >= 0.3 is 5.97 Å². The minimum absolute atomic E-state index is 0.285. The average Bonchev–Trinajstić information content (AvgIpc) is 2.30. The standard InChI is InChI=1S/C12H14N2O2/c1-2-16-12(15)11(14)7-9-3-5-10(8-13)6-4-9/h3-6,11H,2,7,14H2,1H3/p+1/t11-/m0/s1. The van der Waals surface area contributed by atoms with Crippen molar-refractivity contribution in [2.75, 3.05) is 6.61 Å². The Morgan fingerprint density at radius 3 is 2.62 bits per heavy atom. The van der Waals surface area contributed by atoms with Crippen molar-refractivity contribution in [3.05, 3.63) is 35.4 Å². The number of hydrogen-bond acceptors (Lipinski definition) is 3. The van der Waals surface area contributed by atoms with Crippen LogP contribution in [0.15, 0.2) is 24.3 Å². The van der Waals surface area contributed by atoms with Crippen LogP contribution in [0, 0.1) is 11.3 Å². The van der Waals surface area contributed by atoms with E-state index in [2.05, 4.69) is 5.73 Å². The number of ether oxygens (including phenoxy) is 1. The molecule has 0 fully saturated rings. The summed E-state index contributed by atoms with van der Waals surface area (Å²) in [6.45, 7) is 2.14. The van der Waals surface area contributed by atoms with Crippen molar-refractivity contribution in [3.8, 4) is 6.07 Å². The smallest absolute Gasteiger partial charge is 0.365 e.